The Labute approximate surface area is 127 Å². The molecule has 1 aliphatic heterocycles. The van der Waals surface area contributed by atoms with Gasteiger partial charge in [0.05, 0.1) is 17.8 Å². The summed E-state index contributed by atoms with van der Waals surface area (Å²) in [5, 5.41) is 8.99. The van der Waals surface area contributed by atoms with Crippen molar-refractivity contribution < 1.29 is 19.2 Å². The zero-order valence-electron chi connectivity index (χ0n) is 13.6. The molecular weight excluding hydrogens is 267 g/mol. The molecule has 1 heterocycles. The molecule has 2 rings (SSSR count). The molecule has 1 N–H and O–H groups in total. The highest BCUT2D eigenvalue weighted by molar-refractivity contribution is 6.62. The quantitative estimate of drug-likeness (QED) is 0.843. The fraction of sp³-hybridized carbons (Fsp3) is 0.625. The zero-order chi connectivity index (χ0) is 15.7. The highest BCUT2D eigenvalue weighted by Gasteiger charge is 2.51. The number of benzene rings is 1. The molecule has 1 aromatic carbocycles. The summed E-state index contributed by atoms with van der Waals surface area (Å²) in [6.07, 6.45) is 0. The van der Waals surface area contributed by atoms with Gasteiger partial charge >= 0.3 is 7.12 Å². The van der Waals surface area contributed by atoms with Gasteiger partial charge in [0.2, 0.25) is 0 Å². The van der Waals surface area contributed by atoms with E-state index in [9.17, 15) is 0 Å². The maximum absolute atomic E-state index is 8.99. The average molecular weight is 292 g/mol. The first-order valence-corrected chi connectivity index (χ1v) is 7.44. The van der Waals surface area contributed by atoms with Crippen molar-refractivity contribution in [2.24, 2.45) is 5.92 Å². The lowest BCUT2D eigenvalue weighted by Crippen LogP contribution is -2.41. The molecule has 21 heavy (non-hydrogen) atoms. The van der Waals surface area contributed by atoms with Crippen LogP contribution in [0.15, 0.2) is 24.3 Å². The molecule has 1 aromatic rings. The van der Waals surface area contributed by atoms with Crippen LogP contribution in [-0.2, 0) is 9.31 Å². The molecule has 1 saturated heterocycles. The number of aliphatic hydroxyl groups excluding tert-OH is 1. The van der Waals surface area contributed by atoms with Crippen LogP contribution in [0.1, 0.15) is 34.6 Å². The van der Waals surface area contributed by atoms with Crippen molar-refractivity contribution >= 4 is 12.6 Å². The lowest BCUT2D eigenvalue weighted by molar-refractivity contribution is 0.00578. The predicted octanol–water partition coefficient (Wildman–Crippen LogP) is 1.99. The van der Waals surface area contributed by atoms with Gasteiger partial charge in [-0.1, -0.05) is 19.1 Å². The summed E-state index contributed by atoms with van der Waals surface area (Å²) in [5.41, 5.74) is 0.323. The van der Waals surface area contributed by atoms with Crippen LogP contribution in [0.5, 0.6) is 5.75 Å². The van der Waals surface area contributed by atoms with Gasteiger partial charge in [0.25, 0.3) is 0 Å². The molecule has 1 fully saturated rings. The first-order valence-electron chi connectivity index (χ1n) is 7.44. The minimum absolute atomic E-state index is 0.131. The van der Waals surface area contributed by atoms with Crippen molar-refractivity contribution in [3.63, 3.8) is 0 Å². The number of hydrogen-bond acceptors (Lipinski definition) is 4. The predicted molar refractivity (Wildman–Crippen MR) is 83.9 cm³/mol. The van der Waals surface area contributed by atoms with Crippen LogP contribution in [0.2, 0.25) is 0 Å². The van der Waals surface area contributed by atoms with Crippen LogP contribution in [0.4, 0.5) is 0 Å². The molecule has 0 bridgehead atoms. The van der Waals surface area contributed by atoms with Crippen molar-refractivity contribution in [3.8, 4) is 5.75 Å². The second-order valence-corrected chi connectivity index (χ2v) is 6.76. The van der Waals surface area contributed by atoms with Crippen LogP contribution in [0.25, 0.3) is 0 Å². The van der Waals surface area contributed by atoms with Crippen LogP contribution in [0, 0.1) is 5.92 Å². The molecular formula is C16H25BO4. The third-order valence-electron chi connectivity index (χ3n) is 4.25. The average Bonchev–Trinajstić information content (AvgIpc) is 2.65. The highest BCUT2D eigenvalue weighted by atomic mass is 16.7. The molecule has 0 unspecified atom stereocenters. The van der Waals surface area contributed by atoms with Gasteiger partial charge in [-0.05, 0) is 45.3 Å². The van der Waals surface area contributed by atoms with Gasteiger partial charge in [0.15, 0.2) is 0 Å². The van der Waals surface area contributed by atoms with Crippen molar-refractivity contribution in [2.45, 2.75) is 45.8 Å². The summed E-state index contributed by atoms with van der Waals surface area (Å²) < 4.78 is 17.6. The SMILES string of the molecule is C[C@@H](CO)COc1ccc(B2OC(C)(C)C(C)(C)O2)cc1. The zero-order valence-corrected chi connectivity index (χ0v) is 13.6. The maximum Gasteiger partial charge on any atom is 0.494 e. The standard InChI is InChI=1S/C16H25BO4/c1-12(10-18)11-19-14-8-6-13(7-9-14)17-20-15(2,3)16(4,5)21-17/h6-9,12,18H,10-11H2,1-5H3/t12-/m0/s1. The van der Waals surface area contributed by atoms with Crippen molar-refractivity contribution in [3.05, 3.63) is 24.3 Å². The Morgan fingerprint density at radius 2 is 1.62 bits per heavy atom. The Hall–Kier alpha value is -1.04. The summed E-state index contributed by atoms with van der Waals surface area (Å²) in [6, 6.07) is 7.73. The van der Waals surface area contributed by atoms with E-state index in [0.717, 1.165) is 11.2 Å². The van der Waals surface area contributed by atoms with E-state index < -0.39 is 0 Å². The Bertz CT molecular complexity index is 454. The van der Waals surface area contributed by atoms with E-state index in [-0.39, 0.29) is 30.8 Å². The Morgan fingerprint density at radius 1 is 1.10 bits per heavy atom. The van der Waals surface area contributed by atoms with Gasteiger partial charge in [-0.2, -0.15) is 0 Å². The highest BCUT2D eigenvalue weighted by Crippen LogP contribution is 2.36. The molecule has 116 valence electrons. The smallest absolute Gasteiger partial charge is 0.493 e. The van der Waals surface area contributed by atoms with Gasteiger partial charge in [-0.15, -0.1) is 0 Å². The van der Waals surface area contributed by atoms with Gasteiger partial charge in [-0.25, -0.2) is 0 Å². The topological polar surface area (TPSA) is 47.9 Å². The summed E-state index contributed by atoms with van der Waals surface area (Å²) in [6.45, 7) is 10.8. The van der Waals surface area contributed by atoms with Gasteiger partial charge in [-0.3, -0.25) is 0 Å². The monoisotopic (exact) mass is 292 g/mol. The van der Waals surface area contributed by atoms with Crippen molar-refractivity contribution in [1.82, 2.24) is 0 Å². The van der Waals surface area contributed by atoms with E-state index in [1.165, 1.54) is 0 Å². The van der Waals surface area contributed by atoms with E-state index in [2.05, 4.69) is 0 Å². The largest absolute Gasteiger partial charge is 0.494 e. The molecule has 0 saturated carbocycles. The summed E-state index contributed by atoms with van der Waals surface area (Å²) in [5.74, 6) is 0.920. The fourth-order valence-corrected chi connectivity index (χ4v) is 1.99. The Kier molecular flexibility index (Phi) is 4.66. The first kappa shape index (κ1) is 16.3. The third kappa shape index (κ3) is 3.60. The number of rotatable bonds is 5. The molecule has 0 amide bonds. The van der Waals surface area contributed by atoms with Crippen LogP contribution >= 0.6 is 0 Å². The number of ether oxygens (including phenoxy) is 1. The molecule has 1 aliphatic rings. The van der Waals surface area contributed by atoms with E-state index in [1.54, 1.807) is 0 Å². The molecule has 0 spiro atoms. The molecule has 5 heteroatoms. The lowest BCUT2D eigenvalue weighted by Gasteiger charge is -2.32. The fourth-order valence-electron chi connectivity index (χ4n) is 1.99. The van der Waals surface area contributed by atoms with E-state index >= 15 is 0 Å². The molecule has 0 aliphatic carbocycles. The minimum Gasteiger partial charge on any atom is -0.493 e. The summed E-state index contributed by atoms with van der Waals surface area (Å²) in [4.78, 5) is 0. The van der Waals surface area contributed by atoms with E-state index in [1.807, 2.05) is 58.9 Å². The van der Waals surface area contributed by atoms with Gasteiger partial charge < -0.3 is 19.2 Å². The number of hydrogen-bond donors (Lipinski definition) is 1. The molecule has 0 aromatic heterocycles. The second-order valence-electron chi connectivity index (χ2n) is 6.76. The molecule has 0 radical (unpaired) electrons. The molecule has 4 nitrogen and oxygen atoms in total. The maximum atomic E-state index is 8.99. The Balaban J connectivity index is 2.00. The van der Waals surface area contributed by atoms with Crippen molar-refractivity contribution in [1.29, 1.82) is 0 Å². The number of aliphatic hydroxyl groups is 1. The van der Waals surface area contributed by atoms with E-state index in [0.29, 0.717) is 6.61 Å². The summed E-state index contributed by atoms with van der Waals surface area (Å²) in [7, 11) is -0.347. The van der Waals surface area contributed by atoms with Crippen LogP contribution < -0.4 is 10.2 Å². The first-order chi connectivity index (χ1) is 9.75. The van der Waals surface area contributed by atoms with Gasteiger partial charge in [0.1, 0.15) is 5.75 Å². The van der Waals surface area contributed by atoms with Crippen LogP contribution in [-0.4, -0.2) is 36.6 Å². The second kappa shape index (κ2) is 5.99. The lowest BCUT2D eigenvalue weighted by atomic mass is 9.79. The summed E-state index contributed by atoms with van der Waals surface area (Å²) >= 11 is 0. The molecule has 1 atom stereocenters. The minimum atomic E-state index is -0.347. The Morgan fingerprint density at radius 3 is 2.10 bits per heavy atom. The normalized spacial score (nSPS) is 21.3. The van der Waals surface area contributed by atoms with E-state index in [4.69, 9.17) is 19.2 Å². The van der Waals surface area contributed by atoms with Gasteiger partial charge in [0, 0.05) is 12.5 Å². The third-order valence-corrected chi connectivity index (χ3v) is 4.25. The van der Waals surface area contributed by atoms with Crippen LogP contribution in [0.3, 0.4) is 0 Å². The van der Waals surface area contributed by atoms with Crippen molar-refractivity contribution in [2.75, 3.05) is 13.2 Å².